The average Bonchev–Trinajstić information content (AvgIpc) is 3.23. The van der Waals surface area contributed by atoms with Crippen LogP contribution in [0.25, 0.3) is 6.08 Å². The molecule has 0 amide bonds. The summed E-state index contributed by atoms with van der Waals surface area (Å²) >= 11 is 0. The van der Waals surface area contributed by atoms with E-state index in [9.17, 15) is 9.59 Å². The number of hydrogen-bond acceptors (Lipinski definition) is 6. The van der Waals surface area contributed by atoms with E-state index in [0.717, 1.165) is 74.9 Å². The molecule has 2 saturated heterocycles. The fourth-order valence-electron chi connectivity index (χ4n) is 5.30. The van der Waals surface area contributed by atoms with Gasteiger partial charge in [0, 0.05) is 31.1 Å². The molecule has 3 aliphatic rings. The monoisotopic (exact) mass is 451 g/mol. The van der Waals surface area contributed by atoms with Crippen molar-refractivity contribution in [3.8, 4) is 5.75 Å². The molecule has 7 heteroatoms. The summed E-state index contributed by atoms with van der Waals surface area (Å²) in [5, 5.41) is 0. The quantitative estimate of drug-likeness (QED) is 0.343. The lowest BCUT2D eigenvalue weighted by molar-refractivity contribution is -0.138. The standard InChI is InChI=1S/C26H36BN2O4/c1-4-32-26(31)22-13-20-15-24(19-5-11-29(12-6-19)27-17-30)25(16-21(20)14-22)33-23-7-9-28(10-8-23)18(2)3/h14-19,23H,4-13H2,1-3H3. The lowest BCUT2D eigenvalue weighted by Crippen LogP contribution is -2.42. The van der Waals surface area contributed by atoms with Crippen LogP contribution < -0.4 is 4.74 Å². The van der Waals surface area contributed by atoms with Gasteiger partial charge in [0.2, 0.25) is 0 Å². The van der Waals surface area contributed by atoms with Gasteiger partial charge in [-0.2, -0.15) is 0 Å². The summed E-state index contributed by atoms with van der Waals surface area (Å²) in [6.07, 6.45) is 7.72. The Morgan fingerprint density at radius 2 is 1.88 bits per heavy atom. The Morgan fingerprint density at radius 3 is 2.52 bits per heavy atom. The van der Waals surface area contributed by atoms with Crippen LogP contribution in [-0.2, 0) is 20.7 Å². The van der Waals surface area contributed by atoms with Gasteiger partial charge in [0.25, 0.3) is 7.41 Å². The van der Waals surface area contributed by atoms with Crippen molar-refractivity contribution < 1.29 is 19.1 Å². The first kappa shape index (κ1) is 24.0. The van der Waals surface area contributed by atoms with Gasteiger partial charge in [-0.15, -0.1) is 0 Å². The normalized spacial score (nSPS) is 20.4. The van der Waals surface area contributed by atoms with Gasteiger partial charge in [0.1, 0.15) is 11.9 Å². The van der Waals surface area contributed by atoms with Crippen LogP contribution in [0, 0.1) is 0 Å². The molecule has 2 aliphatic heterocycles. The van der Waals surface area contributed by atoms with E-state index < -0.39 is 0 Å². The van der Waals surface area contributed by atoms with Crippen molar-refractivity contribution >= 4 is 25.6 Å². The molecule has 2 fully saturated rings. The minimum Gasteiger partial charge on any atom is -0.490 e. The molecular weight excluding hydrogens is 415 g/mol. The number of carbonyl (C=O) groups is 2. The van der Waals surface area contributed by atoms with Gasteiger partial charge < -0.3 is 24.0 Å². The summed E-state index contributed by atoms with van der Waals surface area (Å²) in [5.74, 6) is 1.14. The summed E-state index contributed by atoms with van der Waals surface area (Å²) in [6, 6.07) is 4.98. The van der Waals surface area contributed by atoms with Crippen LogP contribution in [0.1, 0.15) is 69.1 Å². The molecule has 4 rings (SSSR count). The van der Waals surface area contributed by atoms with Gasteiger partial charge in [0.15, 0.2) is 0 Å². The Bertz CT molecular complexity index is 885. The highest BCUT2D eigenvalue weighted by Gasteiger charge is 2.29. The lowest BCUT2D eigenvalue weighted by atomic mass is 9.83. The molecule has 0 bridgehead atoms. The van der Waals surface area contributed by atoms with E-state index in [-0.39, 0.29) is 12.1 Å². The molecule has 2 heterocycles. The number of rotatable bonds is 8. The third-order valence-corrected chi connectivity index (χ3v) is 7.26. The molecule has 0 spiro atoms. The van der Waals surface area contributed by atoms with Crippen LogP contribution in [0.15, 0.2) is 17.7 Å². The number of fused-ring (bicyclic) bond motifs is 1. The molecule has 0 unspecified atom stereocenters. The van der Waals surface area contributed by atoms with Gasteiger partial charge in [-0.25, -0.2) is 4.79 Å². The topological polar surface area (TPSA) is 59.1 Å². The van der Waals surface area contributed by atoms with Crippen molar-refractivity contribution in [2.24, 2.45) is 0 Å². The Kier molecular flexibility index (Phi) is 7.92. The maximum Gasteiger partial charge on any atom is 0.334 e. The predicted molar refractivity (Wildman–Crippen MR) is 131 cm³/mol. The van der Waals surface area contributed by atoms with Crippen LogP contribution in [0.5, 0.6) is 5.75 Å². The molecule has 1 aromatic rings. The zero-order chi connectivity index (χ0) is 23.4. The van der Waals surface area contributed by atoms with Gasteiger partial charge in [-0.05, 0) is 94.3 Å². The first-order valence-electron chi connectivity index (χ1n) is 12.5. The molecule has 177 valence electrons. The number of esters is 1. The summed E-state index contributed by atoms with van der Waals surface area (Å²) in [7, 11) is 1.65. The van der Waals surface area contributed by atoms with Crippen LogP contribution in [0.2, 0.25) is 0 Å². The molecular formula is C26H36BN2O4. The number of ether oxygens (including phenoxy) is 2. The number of hydrogen-bond donors (Lipinski definition) is 0. The van der Waals surface area contributed by atoms with Crippen LogP contribution in [-0.4, -0.2) is 74.2 Å². The SMILES string of the molecule is CCOC(=O)C1=Cc2cc(OC3CCN(C(C)C)CC3)c(C3CCN([B]C=O)CC3)cc2C1. The Morgan fingerprint density at radius 1 is 1.15 bits per heavy atom. The molecule has 0 atom stereocenters. The number of benzene rings is 1. The highest BCUT2D eigenvalue weighted by Crippen LogP contribution is 2.40. The minimum atomic E-state index is -0.225. The van der Waals surface area contributed by atoms with Gasteiger partial charge in [-0.3, -0.25) is 0 Å². The van der Waals surface area contributed by atoms with E-state index in [2.05, 4.69) is 35.7 Å². The van der Waals surface area contributed by atoms with E-state index in [4.69, 9.17) is 9.47 Å². The molecule has 0 saturated carbocycles. The summed E-state index contributed by atoms with van der Waals surface area (Å²) < 4.78 is 11.9. The summed E-state index contributed by atoms with van der Waals surface area (Å²) in [4.78, 5) is 27.8. The van der Waals surface area contributed by atoms with E-state index in [1.165, 1.54) is 11.1 Å². The average molecular weight is 451 g/mol. The second kappa shape index (κ2) is 10.9. The maximum atomic E-state index is 12.3. The van der Waals surface area contributed by atoms with Crippen LogP contribution >= 0.6 is 0 Å². The van der Waals surface area contributed by atoms with Crippen molar-refractivity contribution in [3.63, 3.8) is 0 Å². The number of carbonyl (C=O) groups excluding carboxylic acids is 2. The zero-order valence-electron chi connectivity index (χ0n) is 20.2. The summed E-state index contributed by atoms with van der Waals surface area (Å²) in [5.41, 5.74) is 4.22. The number of nitrogens with zero attached hydrogens (tertiary/aromatic N) is 2. The second-order valence-electron chi connectivity index (χ2n) is 9.70. The molecule has 33 heavy (non-hydrogen) atoms. The Balaban J connectivity index is 1.54. The second-order valence-corrected chi connectivity index (χ2v) is 9.70. The zero-order valence-corrected chi connectivity index (χ0v) is 20.2. The molecule has 1 radical (unpaired) electrons. The minimum absolute atomic E-state index is 0.218. The van der Waals surface area contributed by atoms with Gasteiger partial charge >= 0.3 is 5.97 Å². The van der Waals surface area contributed by atoms with Gasteiger partial charge in [0.05, 0.1) is 12.8 Å². The largest absolute Gasteiger partial charge is 0.490 e. The number of likely N-dealkylation sites (tertiary alicyclic amines) is 1. The Hall–Kier alpha value is -2.12. The maximum absolute atomic E-state index is 12.3. The third kappa shape index (κ3) is 5.69. The smallest absolute Gasteiger partial charge is 0.334 e. The highest BCUT2D eigenvalue weighted by molar-refractivity contribution is 6.64. The number of piperidine rings is 2. The fraction of sp³-hybridized carbons (Fsp3) is 0.615. The molecule has 0 aromatic heterocycles. The first-order valence-corrected chi connectivity index (χ1v) is 12.5. The highest BCUT2D eigenvalue weighted by atomic mass is 16.5. The van der Waals surface area contributed by atoms with Crippen molar-refractivity contribution in [1.29, 1.82) is 0 Å². The molecule has 1 aromatic carbocycles. The van der Waals surface area contributed by atoms with Crippen LogP contribution in [0.4, 0.5) is 0 Å². The van der Waals surface area contributed by atoms with Crippen molar-refractivity contribution in [3.05, 3.63) is 34.4 Å². The lowest BCUT2D eigenvalue weighted by Gasteiger charge is -2.36. The Labute approximate surface area is 198 Å². The molecule has 0 N–H and O–H groups in total. The van der Waals surface area contributed by atoms with E-state index in [1.807, 2.05) is 13.0 Å². The van der Waals surface area contributed by atoms with E-state index >= 15 is 0 Å². The van der Waals surface area contributed by atoms with Crippen molar-refractivity contribution in [1.82, 2.24) is 9.71 Å². The molecule has 6 nitrogen and oxygen atoms in total. The van der Waals surface area contributed by atoms with Crippen LogP contribution in [0.3, 0.4) is 0 Å². The summed E-state index contributed by atoms with van der Waals surface area (Å²) in [6.45, 7) is 10.6. The van der Waals surface area contributed by atoms with Crippen molar-refractivity contribution in [2.75, 3.05) is 32.8 Å². The first-order chi connectivity index (χ1) is 16.0. The van der Waals surface area contributed by atoms with E-state index in [1.54, 1.807) is 7.41 Å². The van der Waals surface area contributed by atoms with E-state index in [0.29, 0.717) is 25.0 Å². The van der Waals surface area contributed by atoms with Gasteiger partial charge in [-0.1, -0.05) is 6.07 Å². The predicted octanol–water partition coefficient (Wildman–Crippen LogP) is 3.43. The fourth-order valence-corrected chi connectivity index (χ4v) is 5.30. The van der Waals surface area contributed by atoms with Crippen molar-refractivity contribution in [2.45, 2.75) is 70.9 Å². The third-order valence-electron chi connectivity index (χ3n) is 7.26. The molecule has 1 aliphatic carbocycles.